The Morgan fingerprint density at radius 3 is 3.00 bits per heavy atom. The number of aromatic nitrogens is 4. The minimum Gasteiger partial charge on any atom is -0.475 e. The Hall–Kier alpha value is -2.06. The maximum absolute atomic E-state index is 6.18. The van der Waals surface area contributed by atoms with E-state index in [0.717, 1.165) is 30.8 Å². The number of fused-ring (bicyclic) bond motifs is 3. The van der Waals surface area contributed by atoms with Crippen LogP contribution in [0.15, 0.2) is 6.20 Å². The van der Waals surface area contributed by atoms with Crippen LogP contribution in [0.2, 0.25) is 5.02 Å². The van der Waals surface area contributed by atoms with E-state index in [1.165, 1.54) is 0 Å². The maximum Gasteiger partial charge on any atom is 0.257 e. The minimum atomic E-state index is -0.0110. The topological polar surface area (TPSA) is 86.1 Å². The molecule has 4 heterocycles. The van der Waals surface area contributed by atoms with Crippen LogP contribution in [0.5, 0.6) is 5.88 Å². The highest BCUT2D eigenvalue weighted by molar-refractivity contribution is 6.32. The predicted octanol–water partition coefficient (Wildman–Crippen LogP) is 3.56. The lowest BCUT2D eigenvalue weighted by atomic mass is 9.82. The van der Waals surface area contributed by atoms with Gasteiger partial charge in [0.05, 0.1) is 31.1 Å². The molecule has 1 unspecified atom stereocenters. The van der Waals surface area contributed by atoms with Crippen molar-refractivity contribution in [3.63, 3.8) is 0 Å². The molecular weight excluding hydrogens is 368 g/mol. The standard InChI is InChI=1S/C18H25ClN6O2/c1-11-14-16(24-25(11)13-5-8-26-10-18(13,2)3)27-7-4-6-20-15-12(19)9-21-17(22-14)23-15/h9,13H,4-8,10H2,1-3H3,(H2,20,21,22,23). The third kappa shape index (κ3) is 3.55. The van der Waals surface area contributed by atoms with Crippen molar-refractivity contribution in [2.45, 2.75) is 39.7 Å². The lowest BCUT2D eigenvalue weighted by molar-refractivity contribution is -0.0301. The summed E-state index contributed by atoms with van der Waals surface area (Å²) in [5.74, 6) is 1.66. The third-order valence-corrected chi connectivity index (χ3v) is 5.43. The first kappa shape index (κ1) is 18.3. The van der Waals surface area contributed by atoms with Gasteiger partial charge >= 0.3 is 0 Å². The number of nitrogens with zero attached hydrogens (tertiary/aromatic N) is 4. The summed E-state index contributed by atoms with van der Waals surface area (Å²) in [6.45, 7) is 9.18. The highest BCUT2D eigenvalue weighted by Gasteiger charge is 2.37. The molecule has 8 nitrogen and oxygen atoms in total. The summed E-state index contributed by atoms with van der Waals surface area (Å²) in [7, 11) is 0. The van der Waals surface area contributed by atoms with Gasteiger partial charge in [0, 0.05) is 18.6 Å². The number of anilines is 3. The van der Waals surface area contributed by atoms with Crippen molar-refractivity contribution in [3.05, 3.63) is 16.9 Å². The quantitative estimate of drug-likeness (QED) is 0.767. The van der Waals surface area contributed by atoms with Crippen LogP contribution >= 0.6 is 11.6 Å². The van der Waals surface area contributed by atoms with E-state index >= 15 is 0 Å². The molecule has 0 aliphatic carbocycles. The van der Waals surface area contributed by atoms with Gasteiger partial charge in [0.15, 0.2) is 5.82 Å². The first-order valence-corrected chi connectivity index (χ1v) is 9.66. The van der Waals surface area contributed by atoms with Crippen molar-refractivity contribution >= 4 is 29.1 Å². The van der Waals surface area contributed by atoms with Gasteiger partial charge in [-0.15, -0.1) is 5.10 Å². The van der Waals surface area contributed by atoms with E-state index in [-0.39, 0.29) is 11.5 Å². The number of nitrogens with one attached hydrogen (secondary N) is 2. The Labute approximate surface area is 163 Å². The Bertz CT molecular complexity index is 837. The van der Waals surface area contributed by atoms with Crippen LogP contribution in [-0.4, -0.2) is 46.1 Å². The molecule has 0 spiro atoms. The van der Waals surface area contributed by atoms with Crippen LogP contribution in [0, 0.1) is 12.3 Å². The van der Waals surface area contributed by atoms with Crippen LogP contribution < -0.4 is 15.4 Å². The van der Waals surface area contributed by atoms with E-state index in [1.807, 2.05) is 6.92 Å². The van der Waals surface area contributed by atoms with Crippen LogP contribution in [0.3, 0.4) is 0 Å². The summed E-state index contributed by atoms with van der Waals surface area (Å²) in [5.41, 5.74) is 1.79. The van der Waals surface area contributed by atoms with Crippen molar-refractivity contribution in [2.24, 2.45) is 5.41 Å². The van der Waals surface area contributed by atoms with Gasteiger partial charge in [-0.2, -0.15) is 4.98 Å². The average Bonchev–Trinajstić information content (AvgIpc) is 2.91. The molecule has 0 amide bonds. The summed E-state index contributed by atoms with van der Waals surface area (Å²) in [5, 5.41) is 11.8. The first-order valence-electron chi connectivity index (χ1n) is 9.29. The molecule has 1 fully saturated rings. The minimum absolute atomic E-state index is 0.0110. The number of halogens is 1. The van der Waals surface area contributed by atoms with Crippen molar-refractivity contribution in [1.82, 2.24) is 19.7 Å². The van der Waals surface area contributed by atoms with Crippen LogP contribution in [-0.2, 0) is 4.74 Å². The molecular formula is C18H25ClN6O2. The largest absolute Gasteiger partial charge is 0.475 e. The van der Waals surface area contributed by atoms with Gasteiger partial charge in [-0.1, -0.05) is 25.4 Å². The molecule has 0 aromatic carbocycles. The zero-order chi connectivity index (χ0) is 19.0. The molecule has 2 aromatic heterocycles. The van der Waals surface area contributed by atoms with E-state index in [0.29, 0.717) is 42.4 Å². The molecule has 27 heavy (non-hydrogen) atoms. The SMILES string of the molecule is Cc1c2c(nn1C1CCOCC1(C)C)OCCCNc1nc(ncc1Cl)N2. The lowest BCUT2D eigenvalue weighted by Crippen LogP contribution is -2.37. The lowest BCUT2D eigenvalue weighted by Gasteiger charge is -2.38. The first-order chi connectivity index (χ1) is 13.0. The summed E-state index contributed by atoms with van der Waals surface area (Å²) < 4.78 is 13.7. The average molecular weight is 393 g/mol. The highest BCUT2D eigenvalue weighted by atomic mass is 35.5. The van der Waals surface area contributed by atoms with Crippen molar-refractivity contribution in [1.29, 1.82) is 0 Å². The normalized spacial score (nSPS) is 21.9. The molecule has 2 aromatic rings. The fraction of sp³-hybridized carbons (Fsp3) is 0.611. The summed E-state index contributed by atoms with van der Waals surface area (Å²) >= 11 is 6.18. The molecule has 2 aliphatic heterocycles. The summed E-state index contributed by atoms with van der Waals surface area (Å²) in [4.78, 5) is 8.78. The molecule has 2 bridgehead atoms. The Kier molecular flexibility index (Phi) is 4.86. The predicted molar refractivity (Wildman–Crippen MR) is 104 cm³/mol. The van der Waals surface area contributed by atoms with Gasteiger partial charge in [-0.05, 0) is 19.8 Å². The van der Waals surface area contributed by atoms with Crippen LogP contribution in [0.1, 0.15) is 38.4 Å². The number of hydrogen-bond donors (Lipinski definition) is 2. The number of hydrogen-bond acceptors (Lipinski definition) is 7. The monoisotopic (exact) mass is 392 g/mol. The van der Waals surface area contributed by atoms with Crippen LogP contribution in [0.4, 0.5) is 17.5 Å². The van der Waals surface area contributed by atoms with E-state index < -0.39 is 0 Å². The Morgan fingerprint density at radius 2 is 2.19 bits per heavy atom. The van der Waals surface area contributed by atoms with Crippen molar-refractivity contribution in [2.75, 3.05) is 37.0 Å². The Balaban J connectivity index is 1.74. The van der Waals surface area contributed by atoms with E-state index in [4.69, 9.17) is 26.2 Å². The fourth-order valence-electron chi connectivity index (χ4n) is 3.62. The maximum atomic E-state index is 6.18. The van der Waals surface area contributed by atoms with Crippen molar-refractivity contribution < 1.29 is 9.47 Å². The third-order valence-electron chi connectivity index (χ3n) is 5.16. The van der Waals surface area contributed by atoms with Crippen molar-refractivity contribution in [3.8, 4) is 5.88 Å². The summed E-state index contributed by atoms with van der Waals surface area (Å²) in [6, 6.07) is 0.236. The number of ether oxygens (including phenoxy) is 2. The van der Waals surface area contributed by atoms with Gasteiger partial charge < -0.3 is 20.1 Å². The van der Waals surface area contributed by atoms with Crippen LogP contribution in [0.25, 0.3) is 0 Å². The van der Waals surface area contributed by atoms with E-state index in [9.17, 15) is 0 Å². The second-order valence-corrected chi connectivity index (χ2v) is 8.11. The molecule has 0 saturated carbocycles. The number of rotatable bonds is 1. The van der Waals surface area contributed by atoms with Gasteiger partial charge in [-0.3, -0.25) is 4.68 Å². The zero-order valence-electron chi connectivity index (χ0n) is 15.9. The molecule has 1 saturated heterocycles. The zero-order valence-corrected chi connectivity index (χ0v) is 16.6. The molecule has 9 heteroatoms. The second-order valence-electron chi connectivity index (χ2n) is 7.70. The Morgan fingerprint density at radius 1 is 1.33 bits per heavy atom. The van der Waals surface area contributed by atoms with Gasteiger partial charge in [0.2, 0.25) is 5.95 Å². The fourth-order valence-corrected chi connectivity index (χ4v) is 3.78. The molecule has 0 radical (unpaired) electrons. The smallest absolute Gasteiger partial charge is 0.257 e. The molecule has 2 aliphatic rings. The second kappa shape index (κ2) is 7.16. The molecule has 4 rings (SSSR count). The van der Waals surface area contributed by atoms with Gasteiger partial charge in [0.25, 0.3) is 5.88 Å². The van der Waals surface area contributed by atoms with Gasteiger partial charge in [0.1, 0.15) is 10.7 Å². The highest BCUT2D eigenvalue weighted by Crippen LogP contribution is 2.41. The van der Waals surface area contributed by atoms with E-state index in [2.05, 4.69) is 39.1 Å². The molecule has 2 N–H and O–H groups in total. The molecule has 1 atom stereocenters. The van der Waals surface area contributed by atoms with Gasteiger partial charge in [-0.25, -0.2) is 4.98 Å². The molecule has 146 valence electrons. The van der Waals surface area contributed by atoms with E-state index in [1.54, 1.807) is 6.20 Å². The summed E-state index contributed by atoms with van der Waals surface area (Å²) in [6.07, 6.45) is 3.32.